The third-order valence-corrected chi connectivity index (χ3v) is 6.27. The van der Waals surface area contributed by atoms with Crippen molar-refractivity contribution in [2.75, 3.05) is 0 Å². The normalized spacial score (nSPS) is 10.1. The Labute approximate surface area is 275 Å². The largest absolute Gasteiger partial charge is 0.772 e. The monoisotopic (exact) mass is 638 g/mol. The van der Waals surface area contributed by atoms with Crippen LogP contribution in [0.4, 0.5) is 0 Å². The molecule has 0 nitrogen and oxygen atoms in total. The van der Waals surface area contributed by atoms with E-state index in [2.05, 4.69) is 47.4 Å². The molecule has 4 rings (SSSR count). The van der Waals surface area contributed by atoms with Crippen LogP contribution in [0, 0.1) is 47.4 Å². The van der Waals surface area contributed by atoms with Crippen LogP contribution in [0.15, 0.2) is 141 Å². The van der Waals surface area contributed by atoms with E-state index in [0.717, 1.165) is 22.3 Å². The second kappa shape index (κ2) is 19.1. The molecule has 0 fully saturated rings. The fourth-order valence-corrected chi connectivity index (χ4v) is 3.24. The maximum absolute atomic E-state index is 5.17. The van der Waals surface area contributed by atoms with Crippen molar-refractivity contribution in [3.63, 3.8) is 0 Å². The van der Waals surface area contributed by atoms with Crippen LogP contribution in [0.5, 0.6) is 0 Å². The van der Waals surface area contributed by atoms with Crippen LogP contribution in [0.25, 0.3) is 0 Å². The Kier molecular flexibility index (Phi) is 15.5. The molecule has 0 bridgehead atoms. The van der Waals surface area contributed by atoms with Gasteiger partial charge in [-0.1, -0.05) is 120 Å². The summed E-state index contributed by atoms with van der Waals surface area (Å²) in [7, 11) is 0. The summed E-state index contributed by atoms with van der Waals surface area (Å²) in [4.78, 5) is 1.64. The first-order valence-corrected chi connectivity index (χ1v) is 13.6. The molecule has 0 unspecified atom stereocenters. The molecule has 0 aliphatic carbocycles. The summed E-state index contributed by atoms with van der Waals surface area (Å²) in [5.74, 6) is 23.4. The molecule has 0 aliphatic heterocycles. The van der Waals surface area contributed by atoms with E-state index in [-0.39, 0.29) is 16.5 Å². The first kappa shape index (κ1) is 33.2. The minimum atomic E-state index is 0. The van der Waals surface area contributed by atoms with Gasteiger partial charge in [-0.25, -0.2) is 0 Å². The summed E-state index contributed by atoms with van der Waals surface area (Å²) < 4.78 is 0. The minimum absolute atomic E-state index is 0. The molecule has 0 spiro atoms. The quantitative estimate of drug-likeness (QED) is 0.118. The molecule has 0 saturated carbocycles. The molecule has 0 N–H and O–H groups in total. The molecule has 0 radical (unpaired) electrons. The van der Waals surface area contributed by atoms with Gasteiger partial charge in [-0.05, 0) is 48.5 Å². The van der Waals surface area contributed by atoms with Gasteiger partial charge in [0.25, 0.3) is 0 Å². The molecule has 0 heterocycles. The van der Waals surface area contributed by atoms with Gasteiger partial charge in [0, 0.05) is 38.7 Å². The van der Waals surface area contributed by atoms with Crippen molar-refractivity contribution in [3.05, 3.63) is 163 Å². The van der Waals surface area contributed by atoms with Crippen LogP contribution < -0.4 is 0 Å². The van der Waals surface area contributed by atoms with Gasteiger partial charge in [-0.2, -0.15) is 0 Å². The molecule has 41 heavy (non-hydrogen) atoms. The van der Waals surface area contributed by atoms with Crippen LogP contribution in [-0.4, -0.2) is 0 Å². The Balaban J connectivity index is 0.000000280. The molecular formula is C36H20NiS4-4. The van der Waals surface area contributed by atoms with Crippen molar-refractivity contribution in [2.24, 2.45) is 0 Å². The second-order valence-corrected chi connectivity index (χ2v) is 9.41. The molecule has 0 aromatic heterocycles. The van der Waals surface area contributed by atoms with Crippen molar-refractivity contribution < 1.29 is 16.5 Å². The van der Waals surface area contributed by atoms with Gasteiger partial charge in [-0.15, -0.1) is 19.6 Å². The van der Waals surface area contributed by atoms with E-state index in [1.807, 2.05) is 121 Å². The predicted molar refractivity (Wildman–Crippen MR) is 177 cm³/mol. The maximum atomic E-state index is 5.17. The minimum Gasteiger partial charge on any atom is -0.772 e. The van der Waals surface area contributed by atoms with E-state index in [4.69, 9.17) is 50.5 Å². The van der Waals surface area contributed by atoms with E-state index in [0.29, 0.717) is 19.6 Å². The van der Waals surface area contributed by atoms with Gasteiger partial charge in [0.1, 0.15) is 0 Å². The number of hydrogen-bond acceptors (Lipinski definition) is 4. The summed E-state index contributed by atoms with van der Waals surface area (Å²) in [5.41, 5.74) is 3.64. The zero-order valence-electron chi connectivity index (χ0n) is 21.5. The fourth-order valence-electron chi connectivity index (χ4n) is 2.83. The number of rotatable bonds is 0. The van der Waals surface area contributed by atoms with Gasteiger partial charge in [0.2, 0.25) is 0 Å². The van der Waals surface area contributed by atoms with Crippen LogP contribution in [0.2, 0.25) is 0 Å². The smallest absolute Gasteiger partial charge is 0.0248 e. The van der Waals surface area contributed by atoms with Crippen LogP contribution in [0.1, 0.15) is 22.3 Å². The molecule has 0 saturated heterocycles. The van der Waals surface area contributed by atoms with Crippen molar-refractivity contribution in [1.82, 2.24) is 0 Å². The summed E-state index contributed by atoms with van der Waals surface area (Å²) in [6.45, 7) is 0. The summed E-state index contributed by atoms with van der Waals surface area (Å²) in [5, 5.41) is 0. The van der Waals surface area contributed by atoms with E-state index >= 15 is 0 Å². The van der Waals surface area contributed by atoms with Gasteiger partial charge >= 0.3 is 0 Å². The average Bonchev–Trinajstić information content (AvgIpc) is 3.02. The Morgan fingerprint density at radius 3 is 0.659 bits per heavy atom. The van der Waals surface area contributed by atoms with E-state index < -0.39 is 0 Å². The first-order valence-electron chi connectivity index (χ1n) is 12.0. The fraction of sp³-hybridized carbons (Fsp3) is 0. The van der Waals surface area contributed by atoms with Gasteiger partial charge in [0.05, 0.1) is 0 Å². The average molecular weight is 640 g/mol. The summed E-state index contributed by atoms with van der Waals surface area (Å²) in [6.07, 6.45) is 0. The molecule has 0 aliphatic rings. The van der Waals surface area contributed by atoms with Crippen molar-refractivity contribution >= 4 is 50.5 Å². The Morgan fingerprint density at radius 2 is 0.488 bits per heavy atom. The Bertz CT molecular complexity index is 1450. The number of allylic oxidation sites excluding steroid dienone is 4. The molecule has 202 valence electrons. The van der Waals surface area contributed by atoms with Gasteiger partial charge < -0.3 is 50.5 Å². The van der Waals surface area contributed by atoms with Crippen molar-refractivity contribution in [2.45, 2.75) is 0 Å². The van der Waals surface area contributed by atoms with Gasteiger partial charge in [-0.3, -0.25) is 0 Å². The molecule has 4 aromatic carbocycles. The van der Waals surface area contributed by atoms with E-state index in [1.165, 1.54) is 0 Å². The molecule has 5 heteroatoms. The van der Waals surface area contributed by atoms with E-state index in [9.17, 15) is 0 Å². The van der Waals surface area contributed by atoms with Crippen molar-refractivity contribution in [3.8, 4) is 47.4 Å². The Hall–Kier alpha value is -4.03. The third-order valence-electron chi connectivity index (χ3n) is 4.79. The third kappa shape index (κ3) is 13.3. The number of benzene rings is 4. The summed E-state index contributed by atoms with van der Waals surface area (Å²) >= 11 is 20.7. The maximum Gasteiger partial charge on any atom is 0.0248 e. The molecular weight excluding hydrogens is 619 g/mol. The van der Waals surface area contributed by atoms with Crippen molar-refractivity contribution in [1.29, 1.82) is 0 Å². The molecule has 0 atom stereocenters. The first-order chi connectivity index (χ1) is 19.5. The predicted octanol–water partition coefficient (Wildman–Crippen LogP) is 6.79. The van der Waals surface area contributed by atoms with Gasteiger partial charge in [0.15, 0.2) is 0 Å². The standard InChI is InChI=1S/2C18H12S2.Ni/c2*19-17(13-11-15-7-3-1-4-8-15)18(20)14-12-16-9-5-2-6-10-16;/h2*1-10,19-20H;/p-4/b2*18-17-;. The SMILES string of the molecule is [Ni].[S-]/C(C#Cc1ccccc1)=C(\[S-])C#Cc1ccccc1.[S-]/C(C#Cc1ccccc1)=C(\[S-])C#Cc1ccccc1. The van der Waals surface area contributed by atoms with Crippen LogP contribution in [-0.2, 0) is 67.0 Å². The topological polar surface area (TPSA) is 0 Å². The van der Waals surface area contributed by atoms with Crippen LogP contribution in [0.3, 0.4) is 0 Å². The summed E-state index contributed by atoms with van der Waals surface area (Å²) in [6, 6.07) is 38.6. The Morgan fingerprint density at radius 1 is 0.317 bits per heavy atom. The van der Waals surface area contributed by atoms with E-state index in [1.54, 1.807) is 0 Å². The zero-order chi connectivity index (χ0) is 28.4. The number of hydrogen-bond donors (Lipinski definition) is 0. The molecule has 0 amide bonds. The zero-order valence-corrected chi connectivity index (χ0v) is 25.7. The second-order valence-electron chi connectivity index (χ2n) is 7.78. The molecule has 4 aromatic rings. The van der Waals surface area contributed by atoms with Crippen LogP contribution >= 0.6 is 0 Å².